The normalized spacial score (nSPS) is 20.3. The number of anilines is 1. The Hall–Kier alpha value is -2.12. The van der Waals surface area contributed by atoms with Crippen molar-refractivity contribution in [1.29, 1.82) is 0 Å². The van der Waals surface area contributed by atoms with Gasteiger partial charge in [-0.2, -0.15) is 0 Å². The van der Waals surface area contributed by atoms with E-state index in [0.717, 1.165) is 13.1 Å². The smallest absolute Gasteiger partial charge is 0.251 e. The molecule has 0 radical (unpaired) electrons. The van der Waals surface area contributed by atoms with E-state index < -0.39 is 0 Å². The predicted octanol–water partition coefficient (Wildman–Crippen LogP) is 0.962. The lowest BCUT2D eigenvalue weighted by molar-refractivity contribution is 0.244. The molecule has 1 aromatic carbocycles. The Morgan fingerprint density at radius 3 is 2.83 bits per heavy atom. The molecule has 1 atom stereocenters. The van der Waals surface area contributed by atoms with Crippen molar-refractivity contribution in [1.82, 2.24) is 9.88 Å². The molecule has 2 aromatic rings. The molecule has 1 fully saturated rings. The van der Waals surface area contributed by atoms with Gasteiger partial charge in [0.2, 0.25) is 0 Å². The van der Waals surface area contributed by atoms with Crippen LogP contribution < -0.4 is 26.2 Å². The van der Waals surface area contributed by atoms with E-state index in [1.165, 1.54) is 12.1 Å². The highest BCUT2D eigenvalue weighted by atomic mass is 19.1. The molecular weight excluding hydrogens is 311 g/mol. The standard InChI is InChI=1S/C17H21FN4O2/c1-10-9-24-17-15-12(11(8-19)6-14(23)22(10)15)7-13(18)16(17)21-4-2-20-3-5-21/h6-7,10,20H,2-5,8-9,19H2,1H3/t10-/m1/s1. The summed E-state index contributed by atoms with van der Waals surface area (Å²) in [7, 11) is 0. The number of ether oxygens (including phenoxy) is 1. The monoisotopic (exact) mass is 332 g/mol. The fourth-order valence-corrected chi connectivity index (χ4v) is 3.70. The molecular formula is C17H21FN4O2. The van der Waals surface area contributed by atoms with Crippen LogP contribution in [-0.2, 0) is 6.54 Å². The van der Waals surface area contributed by atoms with Gasteiger partial charge in [0.15, 0.2) is 11.6 Å². The first-order chi connectivity index (χ1) is 11.6. The minimum Gasteiger partial charge on any atom is -0.487 e. The Balaban J connectivity index is 2.06. The third-order valence-corrected chi connectivity index (χ3v) is 4.87. The van der Waals surface area contributed by atoms with Gasteiger partial charge >= 0.3 is 0 Å². The molecule has 6 nitrogen and oxygen atoms in total. The van der Waals surface area contributed by atoms with E-state index in [4.69, 9.17) is 10.5 Å². The average Bonchev–Trinajstić information content (AvgIpc) is 2.59. The maximum Gasteiger partial charge on any atom is 0.251 e. The van der Waals surface area contributed by atoms with Crippen molar-refractivity contribution in [2.75, 3.05) is 37.7 Å². The van der Waals surface area contributed by atoms with E-state index in [2.05, 4.69) is 5.32 Å². The summed E-state index contributed by atoms with van der Waals surface area (Å²) < 4.78 is 22.6. The van der Waals surface area contributed by atoms with Crippen LogP contribution in [0.4, 0.5) is 10.1 Å². The van der Waals surface area contributed by atoms with Gasteiger partial charge in [0.05, 0.1) is 11.6 Å². The summed E-state index contributed by atoms with van der Waals surface area (Å²) in [6, 6.07) is 2.91. The molecule has 2 aliphatic rings. The van der Waals surface area contributed by atoms with Crippen LogP contribution in [-0.4, -0.2) is 37.4 Å². The van der Waals surface area contributed by atoms with Crippen molar-refractivity contribution in [3.8, 4) is 5.75 Å². The largest absolute Gasteiger partial charge is 0.487 e. The zero-order chi connectivity index (χ0) is 16.8. The fourth-order valence-electron chi connectivity index (χ4n) is 3.70. The van der Waals surface area contributed by atoms with E-state index in [1.54, 1.807) is 4.57 Å². The van der Waals surface area contributed by atoms with Crippen LogP contribution in [0, 0.1) is 5.82 Å². The molecule has 0 aliphatic carbocycles. The van der Waals surface area contributed by atoms with Gasteiger partial charge in [0, 0.05) is 44.2 Å². The minimum atomic E-state index is -0.325. The number of nitrogens with two attached hydrogens (primary N) is 1. The summed E-state index contributed by atoms with van der Waals surface area (Å²) in [6.07, 6.45) is 0. The third-order valence-electron chi connectivity index (χ3n) is 4.87. The number of hydrogen-bond donors (Lipinski definition) is 2. The van der Waals surface area contributed by atoms with Gasteiger partial charge in [-0.1, -0.05) is 0 Å². The lowest BCUT2D eigenvalue weighted by Gasteiger charge is -2.34. The van der Waals surface area contributed by atoms with Crippen molar-refractivity contribution < 1.29 is 9.13 Å². The van der Waals surface area contributed by atoms with Crippen molar-refractivity contribution >= 4 is 16.6 Å². The van der Waals surface area contributed by atoms with Gasteiger partial charge in [-0.25, -0.2) is 4.39 Å². The number of rotatable bonds is 2. The molecule has 0 spiro atoms. The zero-order valence-corrected chi connectivity index (χ0v) is 13.6. The molecule has 3 heterocycles. The second-order valence-corrected chi connectivity index (χ2v) is 6.41. The molecule has 0 unspecified atom stereocenters. The number of piperazine rings is 1. The van der Waals surface area contributed by atoms with E-state index >= 15 is 0 Å². The molecule has 1 aromatic heterocycles. The number of hydrogen-bond acceptors (Lipinski definition) is 5. The molecule has 0 saturated carbocycles. The number of pyridine rings is 1. The second-order valence-electron chi connectivity index (χ2n) is 6.41. The number of nitrogens with zero attached hydrogens (tertiary/aromatic N) is 2. The van der Waals surface area contributed by atoms with Crippen LogP contribution in [0.25, 0.3) is 10.9 Å². The molecule has 24 heavy (non-hydrogen) atoms. The highest BCUT2D eigenvalue weighted by Crippen LogP contribution is 2.42. The summed E-state index contributed by atoms with van der Waals surface area (Å²) in [4.78, 5) is 14.5. The van der Waals surface area contributed by atoms with Crippen LogP contribution in [0.15, 0.2) is 16.9 Å². The van der Waals surface area contributed by atoms with Crippen LogP contribution >= 0.6 is 0 Å². The first-order valence-corrected chi connectivity index (χ1v) is 8.31. The Bertz CT molecular complexity index is 858. The topological polar surface area (TPSA) is 72.5 Å². The van der Waals surface area contributed by atoms with Crippen LogP contribution in [0.5, 0.6) is 5.75 Å². The van der Waals surface area contributed by atoms with Gasteiger partial charge in [0.25, 0.3) is 5.56 Å². The van der Waals surface area contributed by atoms with Crippen LogP contribution in [0.3, 0.4) is 0 Å². The summed E-state index contributed by atoms with van der Waals surface area (Å²) in [5.74, 6) is 0.145. The van der Waals surface area contributed by atoms with Crippen molar-refractivity contribution in [2.45, 2.75) is 19.5 Å². The van der Waals surface area contributed by atoms with Gasteiger partial charge in [-0.05, 0) is 18.6 Å². The Morgan fingerprint density at radius 1 is 1.38 bits per heavy atom. The quantitative estimate of drug-likeness (QED) is 0.857. The van der Waals surface area contributed by atoms with E-state index in [1.807, 2.05) is 11.8 Å². The molecule has 1 saturated heterocycles. The minimum absolute atomic E-state index is 0.0966. The summed E-state index contributed by atoms with van der Waals surface area (Å²) in [5.41, 5.74) is 7.44. The van der Waals surface area contributed by atoms with Crippen LogP contribution in [0.1, 0.15) is 18.5 Å². The molecule has 2 aliphatic heterocycles. The van der Waals surface area contributed by atoms with Crippen molar-refractivity contribution in [3.63, 3.8) is 0 Å². The van der Waals surface area contributed by atoms with Gasteiger partial charge in [-0.3, -0.25) is 9.36 Å². The number of halogens is 1. The summed E-state index contributed by atoms with van der Waals surface area (Å²) >= 11 is 0. The number of aromatic nitrogens is 1. The predicted molar refractivity (Wildman–Crippen MR) is 91.3 cm³/mol. The lowest BCUT2D eigenvalue weighted by atomic mass is 10.0. The van der Waals surface area contributed by atoms with E-state index in [9.17, 15) is 9.18 Å². The molecule has 0 amide bonds. The Kier molecular flexibility index (Phi) is 3.69. The van der Waals surface area contributed by atoms with E-state index in [0.29, 0.717) is 47.6 Å². The number of nitrogens with one attached hydrogen (secondary N) is 1. The number of benzene rings is 1. The molecule has 128 valence electrons. The van der Waals surface area contributed by atoms with E-state index in [-0.39, 0.29) is 24.0 Å². The maximum atomic E-state index is 15.0. The van der Waals surface area contributed by atoms with Crippen molar-refractivity contribution in [2.24, 2.45) is 5.73 Å². The fraction of sp³-hybridized carbons (Fsp3) is 0.471. The molecule has 7 heteroatoms. The average molecular weight is 332 g/mol. The highest BCUT2D eigenvalue weighted by Gasteiger charge is 2.29. The lowest BCUT2D eigenvalue weighted by Crippen LogP contribution is -2.44. The Labute approximate surface area is 139 Å². The zero-order valence-electron chi connectivity index (χ0n) is 13.6. The second kappa shape index (κ2) is 5.75. The first kappa shape index (κ1) is 15.4. The third kappa shape index (κ3) is 2.19. The highest BCUT2D eigenvalue weighted by molar-refractivity contribution is 5.94. The maximum absolute atomic E-state index is 15.0. The SMILES string of the molecule is C[C@@H]1COc2c(N3CCNCC3)c(F)cc3c(CN)cc(=O)n1c23. The van der Waals surface area contributed by atoms with Gasteiger partial charge in [-0.15, -0.1) is 0 Å². The Morgan fingerprint density at radius 2 is 2.12 bits per heavy atom. The van der Waals surface area contributed by atoms with Crippen LogP contribution in [0.2, 0.25) is 0 Å². The first-order valence-electron chi connectivity index (χ1n) is 8.31. The molecule has 3 N–H and O–H groups in total. The molecule has 0 bridgehead atoms. The van der Waals surface area contributed by atoms with Gasteiger partial charge in [0.1, 0.15) is 12.3 Å². The molecule has 4 rings (SSSR count). The van der Waals surface area contributed by atoms with Crippen molar-refractivity contribution in [3.05, 3.63) is 33.9 Å². The summed E-state index contributed by atoms with van der Waals surface area (Å²) in [6.45, 7) is 5.47. The van der Waals surface area contributed by atoms with Gasteiger partial charge < -0.3 is 20.7 Å². The summed E-state index contributed by atoms with van der Waals surface area (Å²) in [5, 5.41) is 3.92.